The van der Waals surface area contributed by atoms with Gasteiger partial charge < -0.3 is 14.5 Å². The van der Waals surface area contributed by atoms with Gasteiger partial charge in [0.05, 0.1) is 12.3 Å². The van der Waals surface area contributed by atoms with Crippen LogP contribution in [0.15, 0.2) is 30.6 Å². The average Bonchev–Trinajstić information content (AvgIpc) is 3.03. The SMILES string of the molecule is CCOc1cc2nc(CC)cn2cc1NC(=O)c1ccc(F)c(C(F)(F)F)n1. The van der Waals surface area contributed by atoms with Crippen molar-refractivity contribution in [2.75, 3.05) is 11.9 Å². The largest absolute Gasteiger partial charge is 0.491 e. The fourth-order valence-corrected chi connectivity index (χ4v) is 2.56. The van der Waals surface area contributed by atoms with Crippen molar-refractivity contribution in [1.82, 2.24) is 14.4 Å². The van der Waals surface area contributed by atoms with Crippen LogP contribution in [0.25, 0.3) is 5.65 Å². The van der Waals surface area contributed by atoms with Crippen molar-refractivity contribution in [2.45, 2.75) is 26.4 Å². The summed E-state index contributed by atoms with van der Waals surface area (Å²) in [6.07, 6.45) is -1.01. The van der Waals surface area contributed by atoms with Crippen LogP contribution in [-0.2, 0) is 12.6 Å². The number of ether oxygens (including phenoxy) is 1. The molecule has 0 saturated heterocycles. The van der Waals surface area contributed by atoms with Crippen LogP contribution < -0.4 is 10.1 Å². The van der Waals surface area contributed by atoms with E-state index in [0.29, 0.717) is 30.5 Å². The maximum Gasteiger partial charge on any atom is 0.436 e. The van der Waals surface area contributed by atoms with Gasteiger partial charge in [-0.25, -0.2) is 14.4 Å². The van der Waals surface area contributed by atoms with Crippen molar-refractivity contribution >= 4 is 17.2 Å². The van der Waals surface area contributed by atoms with E-state index in [0.717, 1.165) is 11.8 Å². The summed E-state index contributed by atoms with van der Waals surface area (Å²) >= 11 is 0. The molecule has 0 aliphatic heterocycles. The number of alkyl halides is 3. The second kappa shape index (κ2) is 7.45. The van der Waals surface area contributed by atoms with Gasteiger partial charge in [0.1, 0.15) is 22.8 Å². The first-order chi connectivity index (χ1) is 13.2. The van der Waals surface area contributed by atoms with Crippen molar-refractivity contribution in [1.29, 1.82) is 0 Å². The zero-order chi connectivity index (χ0) is 20.5. The number of aryl methyl sites for hydroxylation is 1. The number of amides is 1. The lowest BCUT2D eigenvalue weighted by Crippen LogP contribution is -2.19. The highest BCUT2D eigenvalue weighted by Crippen LogP contribution is 2.30. The molecule has 148 valence electrons. The number of nitrogens with zero attached hydrogens (tertiary/aromatic N) is 3. The molecule has 0 unspecified atom stereocenters. The van der Waals surface area contributed by atoms with Gasteiger partial charge in [-0.2, -0.15) is 13.2 Å². The van der Waals surface area contributed by atoms with Gasteiger partial charge in [0.25, 0.3) is 5.91 Å². The van der Waals surface area contributed by atoms with E-state index in [4.69, 9.17) is 4.74 Å². The van der Waals surface area contributed by atoms with Gasteiger partial charge in [-0.15, -0.1) is 0 Å². The number of halogens is 4. The molecule has 0 bridgehead atoms. The number of carbonyl (C=O) groups excluding carboxylic acids is 1. The maximum atomic E-state index is 13.4. The van der Waals surface area contributed by atoms with Gasteiger partial charge in [-0.05, 0) is 25.5 Å². The van der Waals surface area contributed by atoms with E-state index in [2.05, 4.69) is 15.3 Å². The fraction of sp³-hybridized carbons (Fsp3) is 0.278. The summed E-state index contributed by atoms with van der Waals surface area (Å²) in [6, 6.07) is 3.05. The van der Waals surface area contributed by atoms with E-state index in [9.17, 15) is 22.4 Å². The number of aromatic nitrogens is 3. The molecule has 1 N–H and O–H groups in total. The number of nitrogens with one attached hydrogen (secondary N) is 1. The predicted molar refractivity (Wildman–Crippen MR) is 92.9 cm³/mol. The van der Waals surface area contributed by atoms with Gasteiger partial charge in [0.2, 0.25) is 0 Å². The second-order valence-corrected chi connectivity index (χ2v) is 5.81. The molecule has 0 radical (unpaired) electrons. The Kier molecular flexibility index (Phi) is 5.21. The van der Waals surface area contributed by atoms with Crippen molar-refractivity contribution in [3.63, 3.8) is 0 Å². The van der Waals surface area contributed by atoms with Crippen LogP contribution in [0.2, 0.25) is 0 Å². The number of hydrogen-bond donors (Lipinski definition) is 1. The van der Waals surface area contributed by atoms with Crippen molar-refractivity contribution in [3.05, 3.63) is 53.5 Å². The number of hydrogen-bond acceptors (Lipinski definition) is 4. The molecule has 10 heteroatoms. The molecule has 6 nitrogen and oxygen atoms in total. The third-order valence-corrected chi connectivity index (χ3v) is 3.86. The smallest absolute Gasteiger partial charge is 0.436 e. The van der Waals surface area contributed by atoms with E-state index in [1.54, 1.807) is 29.8 Å². The second-order valence-electron chi connectivity index (χ2n) is 5.81. The van der Waals surface area contributed by atoms with E-state index < -0.39 is 29.3 Å². The van der Waals surface area contributed by atoms with Gasteiger partial charge in [-0.1, -0.05) is 6.92 Å². The average molecular weight is 396 g/mol. The monoisotopic (exact) mass is 396 g/mol. The number of fused-ring (bicyclic) bond motifs is 1. The van der Waals surface area contributed by atoms with Gasteiger partial charge in [0.15, 0.2) is 11.5 Å². The molecule has 0 saturated carbocycles. The highest BCUT2D eigenvalue weighted by atomic mass is 19.4. The summed E-state index contributed by atoms with van der Waals surface area (Å²) in [5.74, 6) is -2.18. The summed E-state index contributed by atoms with van der Waals surface area (Å²) < 4.78 is 59.0. The fourth-order valence-electron chi connectivity index (χ4n) is 2.56. The molecule has 0 aromatic carbocycles. The Labute approximate surface area is 157 Å². The quantitative estimate of drug-likeness (QED) is 0.660. The van der Waals surface area contributed by atoms with Crippen molar-refractivity contribution in [2.24, 2.45) is 0 Å². The summed E-state index contributed by atoms with van der Waals surface area (Å²) in [6.45, 7) is 3.98. The molecule has 3 heterocycles. The molecular formula is C18H16F4N4O2. The molecule has 0 spiro atoms. The molecule has 1 amide bonds. The normalized spacial score (nSPS) is 11.6. The van der Waals surface area contributed by atoms with Crippen LogP contribution in [0.1, 0.15) is 35.7 Å². The Morgan fingerprint density at radius 2 is 1.96 bits per heavy atom. The highest BCUT2D eigenvalue weighted by molar-refractivity contribution is 6.03. The minimum absolute atomic E-state index is 0.221. The molecule has 3 rings (SSSR count). The third kappa shape index (κ3) is 3.90. The number of pyridine rings is 2. The molecule has 0 aliphatic rings. The minimum Gasteiger partial charge on any atom is -0.491 e. The zero-order valence-corrected chi connectivity index (χ0v) is 15.0. The van der Waals surface area contributed by atoms with Crippen LogP contribution in [-0.4, -0.2) is 26.9 Å². The molecule has 28 heavy (non-hydrogen) atoms. The highest BCUT2D eigenvalue weighted by Gasteiger charge is 2.36. The molecular weight excluding hydrogens is 380 g/mol. The Morgan fingerprint density at radius 1 is 1.21 bits per heavy atom. The van der Waals surface area contributed by atoms with E-state index in [1.807, 2.05) is 6.92 Å². The van der Waals surface area contributed by atoms with Gasteiger partial charge in [0, 0.05) is 18.5 Å². The topological polar surface area (TPSA) is 68.5 Å². The van der Waals surface area contributed by atoms with Gasteiger partial charge in [-0.3, -0.25) is 4.79 Å². The van der Waals surface area contributed by atoms with Gasteiger partial charge >= 0.3 is 6.18 Å². The molecule has 3 aromatic rings. The standard InChI is InChI=1S/C18H16F4N4O2/c1-3-10-8-26-9-13(14(28-4-2)7-15(26)23-10)25-17(27)12-6-5-11(19)16(24-12)18(20,21)22/h5-9H,3-4H2,1-2H3,(H,25,27). The Bertz CT molecular complexity index is 1030. The van der Waals surface area contributed by atoms with Crippen LogP contribution in [0.4, 0.5) is 23.2 Å². The van der Waals surface area contributed by atoms with E-state index >= 15 is 0 Å². The lowest BCUT2D eigenvalue weighted by molar-refractivity contribution is -0.143. The van der Waals surface area contributed by atoms with E-state index in [1.165, 1.54) is 0 Å². The van der Waals surface area contributed by atoms with Crippen LogP contribution >= 0.6 is 0 Å². The number of anilines is 1. The molecule has 0 fully saturated rings. The van der Waals surface area contributed by atoms with E-state index in [-0.39, 0.29) is 5.69 Å². The predicted octanol–water partition coefficient (Wildman–Crippen LogP) is 4.10. The van der Waals surface area contributed by atoms with Crippen molar-refractivity contribution < 1.29 is 27.1 Å². The maximum absolute atomic E-state index is 13.4. The lowest BCUT2D eigenvalue weighted by atomic mass is 10.2. The summed E-state index contributed by atoms with van der Waals surface area (Å²) in [4.78, 5) is 19.9. The first kappa shape index (κ1) is 19.6. The lowest BCUT2D eigenvalue weighted by Gasteiger charge is -2.13. The Morgan fingerprint density at radius 3 is 2.61 bits per heavy atom. The molecule has 0 atom stereocenters. The molecule has 3 aromatic heterocycles. The zero-order valence-electron chi connectivity index (χ0n) is 15.0. The Hall–Kier alpha value is -3.17. The third-order valence-electron chi connectivity index (χ3n) is 3.86. The Balaban J connectivity index is 1.97. The first-order valence-corrected chi connectivity index (χ1v) is 8.42. The van der Waals surface area contributed by atoms with Crippen LogP contribution in [0, 0.1) is 5.82 Å². The number of carbonyl (C=O) groups is 1. The van der Waals surface area contributed by atoms with Crippen LogP contribution in [0.3, 0.4) is 0 Å². The van der Waals surface area contributed by atoms with Crippen molar-refractivity contribution in [3.8, 4) is 5.75 Å². The van der Waals surface area contributed by atoms with Crippen LogP contribution in [0.5, 0.6) is 5.75 Å². The summed E-state index contributed by atoms with van der Waals surface area (Å²) in [5, 5.41) is 2.46. The summed E-state index contributed by atoms with van der Waals surface area (Å²) in [5.41, 5.74) is -0.684. The molecule has 0 aliphatic carbocycles. The number of imidazole rings is 1. The first-order valence-electron chi connectivity index (χ1n) is 8.42. The number of rotatable bonds is 5. The minimum atomic E-state index is -5.01. The summed E-state index contributed by atoms with van der Waals surface area (Å²) in [7, 11) is 0.